The number of aliphatic hydroxyl groups is 1. The van der Waals surface area contributed by atoms with E-state index in [-0.39, 0.29) is 5.92 Å². The Labute approximate surface area is 126 Å². The molecular formula is C12H21N3O7. The van der Waals surface area contributed by atoms with Crippen LogP contribution in [0.4, 0.5) is 0 Å². The van der Waals surface area contributed by atoms with Gasteiger partial charge in [-0.1, -0.05) is 13.8 Å². The Hall–Kier alpha value is -2.20. The molecule has 22 heavy (non-hydrogen) atoms. The van der Waals surface area contributed by atoms with Gasteiger partial charge in [0.05, 0.1) is 19.1 Å². The van der Waals surface area contributed by atoms with Crippen molar-refractivity contribution in [2.24, 2.45) is 11.7 Å². The molecule has 7 N–H and O–H groups in total. The Kier molecular flexibility index (Phi) is 8.05. The maximum Gasteiger partial charge on any atom is 0.328 e. The number of nitrogens with two attached hydrogens (primary N) is 1. The lowest BCUT2D eigenvalue weighted by molar-refractivity contribution is -0.144. The van der Waals surface area contributed by atoms with Crippen LogP contribution < -0.4 is 16.4 Å². The van der Waals surface area contributed by atoms with Gasteiger partial charge in [0.1, 0.15) is 12.1 Å². The van der Waals surface area contributed by atoms with Crippen LogP contribution in [0.15, 0.2) is 0 Å². The third-order valence-electron chi connectivity index (χ3n) is 2.83. The predicted molar refractivity (Wildman–Crippen MR) is 73.6 cm³/mol. The highest BCUT2D eigenvalue weighted by atomic mass is 16.4. The summed E-state index contributed by atoms with van der Waals surface area (Å²) in [6.45, 7) is 2.46. The molecule has 0 aromatic carbocycles. The number of carbonyl (C=O) groups is 4. The first-order chi connectivity index (χ1) is 10.1. The van der Waals surface area contributed by atoms with Crippen LogP contribution in [0.5, 0.6) is 0 Å². The first kappa shape index (κ1) is 19.8. The second-order valence-corrected chi connectivity index (χ2v) is 5.01. The average Bonchev–Trinajstić information content (AvgIpc) is 2.41. The van der Waals surface area contributed by atoms with Crippen molar-refractivity contribution in [1.82, 2.24) is 10.6 Å². The molecule has 0 aromatic rings. The number of carboxylic acids is 2. The van der Waals surface area contributed by atoms with E-state index in [1.807, 2.05) is 5.32 Å². The zero-order chi connectivity index (χ0) is 17.4. The van der Waals surface area contributed by atoms with Crippen LogP contribution in [0.25, 0.3) is 0 Å². The number of hydrogen-bond acceptors (Lipinski definition) is 6. The Balaban J connectivity index is 4.97. The normalized spacial score (nSPS) is 14.8. The molecule has 3 atom stereocenters. The van der Waals surface area contributed by atoms with Crippen LogP contribution in [0, 0.1) is 5.92 Å². The number of aliphatic carboxylic acids is 2. The van der Waals surface area contributed by atoms with Crippen molar-refractivity contribution in [1.29, 1.82) is 0 Å². The minimum absolute atomic E-state index is 0.238. The number of aliphatic hydroxyl groups excluding tert-OH is 1. The van der Waals surface area contributed by atoms with E-state index in [0.29, 0.717) is 0 Å². The highest BCUT2D eigenvalue weighted by molar-refractivity contribution is 5.93. The fraction of sp³-hybridized carbons (Fsp3) is 0.667. The van der Waals surface area contributed by atoms with Crippen LogP contribution in [0.1, 0.15) is 20.3 Å². The van der Waals surface area contributed by atoms with Gasteiger partial charge in [-0.05, 0) is 5.92 Å². The molecule has 2 amide bonds. The Morgan fingerprint density at radius 3 is 1.86 bits per heavy atom. The van der Waals surface area contributed by atoms with Crippen LogP contribution in [-0.2, 0) is 19.2 Å². The van der Waals surface area contributed by atoms with E-state index < -0.39 is 54.9 Å². The van der Waals surface area contributed by atoms with Gasteiger partial charge in [-0.15, -0.1) is 0 Å². The third-order valence-corrected chi connectivity index (χ3v) is 2.83. The Morgan fingerprint density at radius 1 is 1.00 bits per heavy atom. The summed E-state index contributed by atoms with van der Waals surface area (Å²) in [7, 11) is 0. The number of amides is 2. The summed E-state index contributed by atoms with van der Waals surface area (Å²) < 4.78 is 0. The first-order valence-corrected chi connectivity index (χ1v) is 6.51. The summed E-state index contributed by atoms with van der Waals surface area (Å²) in [5.41, 5.74) is 5.59. The van der Waals surface area contributed by atoms with E-state index in [1.165, 1.54) is 0 Å². The molecule has 0 aromatic heterocycles. The number of carbonyl (C=O) groups excluding carboxylic acids is 2. The van der Waals surface area contributed by atoms with E-state index in [2.05, 4.69) is 5.32 Å². The van der Waals surface area contributed by atoms with E-state index in [9.17, 15) is 19.2 Å². The molecule has 0 radical (unpaired) electrons. The van der Waals surface area contributed by atoms with Gasteiger partial charge in [0.15, 0.2) is 0 Å². The van der Waals surface area contributed by atoms with Gasteiger partial charge in [-0.2, -0.15) is 0 Å². The van der Waals surface area contributed by atoms with E-state index in [4.69, 9.17) is 21.1 Å². The molecule has 3 unspecified atom stereocenters. The standard InChI is InChI=1S/C12H21N3O7/c1-5(2)9(13)11(20)14-6(3-8(17)18)10(19)15-7(4-16)12(21)22/h5-7,9,16H,3-4,13H2,1-2H3,(H,14,20)(H,15,19)(H,17,18)(H,21,22). The van der Waals surface area contributed by atoms with Crippen LogP contribution in [0.3, 0.4) is 0 Å². The molecule has 0 aliphatic rings. The lowest BCUT2D eigenvalue weighted by Gasteiger charge is -2.22. The van der Waals surface area contributed by atoms with E-state index >= 15 is 0 Å². The summed E-state index contributed by atoms with van der Waals surface area (Å²) in [6.07, 6.45) is -0.750. The fourth-order valence-corrected chi connectivity index (χ4v) is 1.41. The van der Waals surface area contributed by atoms with Crippen molar-refractivity contribution in [2.45, 2.75) is 38.4 Å². The van der Waals surface area contributed by atoms with E-state index in [1.54, 1.807) is 13.8 Å². The third kappa shape index (κ3) is 6.50. The zero-order valence-electron chi connectivity index (χ0n) is 12.3. The predicted octanol–water partition coefficient (Wildman–Crippen LogP) is -2.51. The van der Waals surface area contributed by atoms with Crippen LogP contribution in [0.2, 0.25) is 0 Å². The molecule has 126 valence electrons. The highest BCUT2D eigenvalue weighted by Crippen LogP contribution is 2.01. The molecule has 0 saturated heterocycles. The fourth-order valence-electron chi connectivity index (χ4n) is 1.41. The van der Waals surface area contributed by atoms with Gasteiger partial charge in [0.2, 0.25) is 11.8 Å². The first-order valence-electron chi connectivity index (χ1n) is 6.51. The van der Waals surface area contributed by atoms with Crippen LogP contribution in [-0.4, -0.2) is 63.8 Å². The van der Waals surface area contributed by atoms with Crippen LogP contribution >= 0.6 is 0 Å². The highest BCUT2D eigenvalue weighted by Gasteiger charge is 2.29. The maximum atomic E-state index is 11.9. The minimum Gasteiger partial charge on any atom is -0.481 e. The smallest absolute Gasteiger partial charge is 0.328 e. The second-order valence-electron chi connectivity index (χ2n) is 5.01. The molecule has 0 saturated carbocycles. The summed E-state index contributed by atoms with van der Waals surface area (Å²) >= 11 is 0. The topological polar surface area (TPSA) is 179 Å². The Morgan fingerprint density at radius 2 is 1.50 bits per heavy atom. The molecule has 0 bridgehead atoms. The van der Waals surface area contributed by atoms with Gasteiger partial charge in [-0.25, -0.2) is 4.79 Å². The summed E-state index contributed by atoms with van der Waals surface area (Å²) in [5.74, 6) is -4.86. The molecule has 0 spiro atoms. The lowest BCUT2D eigenvalue weighted by Crippen LogP contribution is -2.56. The largest absolute Gasteiger partial charge is 0.481 e. The summed E-state index contributed by atoms with van der Waals surface area (Å²) in [6, 6.07) is -4.04. The number of nitrogens with one attached hydrogen (secondary N) is 2. The van der Waals surface area contributed by atoms with Gasteiger partial charge in [0.25, 0.3) is 0 Å². The summed E-state index contributed by atoms with van der Waals surface area (Å²) in [4.78, 5) is 45.2. The maximum absolute atomic E-state index is 11.9. The number of rotatable bonds is 9. The SMILES string of the molecule is CC(C)C(N)C(=O)NC(CC(=O)O)C(=O)NC(CO)C(=O)O. The molecule has 0 fully saturated rings. The van der Waals surface area contributed by atoms with Crippen molar-refractivity contribution in [3.63, 3.8) is 0 Å². The lowest BCUT2D eigenvalue weighted by atomic mass is 10.0. The molecule has 10 nitrogen and oxygen atoms in total. The molecule has 10 heteroatoms. The molecule has 0 aliphatic heterocycles. The Bertz CT molecular complexity index is 438. The monoisotopic (exact) mass is 319 g/mol. The molecule has 0 rings (SSSR count). The van der Waals surface area contributed by atoms with Crippen molar-refractivity contribution in [3.8, 4) is 0 Å². The number of carboxylic acid groups (broad SMARTS) is 2. The number of hydrogen-bond donors (Lipinski definition) is 6. The summed E-state index contributed by atoms with van der Waals surface area (Å²) in [5, 5.41) is 30.4. The molecule has 0 aliphatic carbocycles. The minimum atomic E-state index is -1.60. The zero-order valence-corrected chi connectivity index (χ0v) is 12.3. The van der Waals surface area contributed by atoms with Crippen molar-refractivity contribution >= 4 is 23.8 Å². The van der Waals surface area contributed by atoms with Gasteiger partial charge in [0, 0.05) is 0 Å². The van der Waals surface area contributed by atoms with Crippen molar-refractivity contribution in [2.75, 3.05) is 6.61 Å². The quantitative estimate of drug-likeness (QED) is 0.269. The van der Waals surface area contributed by atoms with Crippen molar-refractivity contribution in [3.05, 3.63) is 0 Å². The molecule has 0 heterocycles. The van der Waals surface area contributed by atoms with Gasteiger partial charge in [-0.3, -0.25) is 14.4 Å². The van der Waals surface area contributed by atoms with E-state index in [0.717, 1.165) is 0 Å². The van der Waals surface area contributed by atoms with Gasteiger partial charge < -0.3 is 31.7 Å². The average molecular weight is 319 g/mol. The van der Waals surface area contributed by atoms with Gasteiger partial charge >= 0.3 is 11.9 Å². The van der Waals surface area contributed by atoms with Crippen molar-refractivity contribution < 1.29 is 34.5 Å². The molecular weight excluding hydrogens is 298 g/mol. The second kappa shape index (κ2) is 8.95.